The van der Waals surface area contributed by atoms with Crippen molar-refractivity contribution < 1.29 is 9.59 Å². The van der Waals surface area contributed by atoms with Gasteiger partial charge in [-0.25, -0.2) is 0 Å². The molecular formula is C24H30ClN3O2. The zero-order valence-corrected chi connectivity index (χ0v) is 18.9. The fourth-order valence-corrected chi connectivity index (χ4v) is 3.82. The molecule has 0 spiro atoms. The van der Waals surface area contributed by atoms with Crippen molar-refractivity contribution >= 4 is 34.8 Å². The normalized spacial score (nSPS) is 13.7. The van der Waals surface area contributed by atoms with E-state index in [4.69, 9.17) is 11.6 Å². The van der Waals surface area contributed by atoms with Crippen LogP contribution in [0.25, 0.3) is 0 Å². The molecule has 2 aromatic carbocycles. The highest BCUT2D eigenvalue weighted by molar-refractivity contribution is 6.33. The smallest absolute Gasteiger partial charge is 0.255 e. The molecule has 1 N–H and O–H groups in total. The van der Waals surface area contributed by atoms with Gasteiger partial charge in [0.25, 0.3) is 5.91 Å². The molecule has 3 rings (SSSR count). The summed E-state index contributed by atoms with van der Waals surface area (Å²) in [6.07, 6.45) is 3.04. The van der Waals surface area contributed by atoms with Crippen LogP contribution in [0.15, 0.2) is 42.5 Å². The first kappa shape index (κ1) is 22.2. The molecular weight excluding hydrogens is 398 g/mol. The number of nitrogens with one attached hydrogen (secondary N) is 1. The number of nitrogens with zero attached hydrogens (tertiary/aromatic N) is 2. The number of hydrogen-bond donors (Lipinski definition) is 1. The summed E-state index contributed by atoms with van der Waals surface area (Å²) in [5.74, 6) is 0.0952. The van der Waals surface area contributed by atoms with Crippen LogP contribution in [0.4, 0.5) is 11.4 Å². The number of anilines is 2. The van der Waals surface area contributed by atoms with Gasteiger partial charge in [0.05, 0.1) is 10.6 Å². The van der Waals surface area contributed by atoms with E-state index in [1.54, 1.807) is 17.0 Å². The molecule has 1 fully saturated rings. The summed E-state index contributed by atoms with van der Waals surface area (Å²) in [5, 5.41) is 3.49. The second-order valence-electron chi connectivity index (χ2n) is 8.36. The molecule has 0 bridgehead atoms. The zero-order chi connectivity index (χ0) is 21.8. The van der Waals surface area contributed by atoms with E-state index in [9.17, 15) is 9.59 Å². The Morgan fingerprint density at radius 1 is 1.13 bits per heavy atom. The van der Waals surface area contributed by atoms with Crippen LogP contribution in [-0.4, -0.2) is 36.9 Å². The lowest BCUT2D eigenvalue weighted by Gasteiger charge is -2.30. The van der Waals surface area contributed by atoms with Crippen LogP contribution in [0.3, 0.4) is 0 Å². The van der Waals surface area contributed by atoms with Crippen LogP contribution in [-0.2, 0) is 11.3 Å². The van der Waals surface area contributed by atoms with Crippen molar-refractivity contribution in [2.75, 3.05) is 24.3 Å². The standard InChI is InChI=1S/C24H30ClN3O2/c1-16(2)28(24(30)20-10-5-6-11-21(20)25)15-18-14-19(12-13-22(18)27(3)4)26-23(29)17-8-7-9-17/h5-6,10-14,16-17H,7-9,15H2,1-4H3,(H,26,29). The number of rotatable bonds is 7. The van der Waals surface area contributed by atoms with E-state index in [-0.39, 0.29) is 23.8 Å². The third kappa shape index (κ3) is 4.96. The molecule has 0 heterocycles. The maximum absolute atomic E-state index is 13.2. The molecule has 2 aromatic rings. The van der Waals surface area contributed by atoms with Crippen molar-refractivity contribution in [3.05, 3.63) is 58.6 Å². The van der Waals surface area contributed by atoms with Crippen molar-refractivity contribution in [3.8, 4) is 0 Å². The van der Waals surface area contributed by atoms with E-state index < -0.39 is 0 Å². The van der Waals surface area contributed by atoms with Crippen LogP contribution >= 0.6 is 11.6 Å². The highest BCUT2D eigenvalue weighted by Crippen LogP contribution is 2.30. The molecule has 0 atom stereocenters. The van der Waals surface area contributed by atoms with Crippen LogP contribution in [0.1, 0.15) is 49.0 Å². The molecule has 0 aliphatic heterocycles. The Labute approximate surface area is 184 Å². The Hall–Kier alpha value is -2.53. The monoisotopic (exact) mass is 427 g/mol. The minimum Gasteiger partial charge on any atom is -0.377 e. The van der Waals surface area contributed by atoms with E-state index >= 15 is 0 Å². The van der Waals surface area contributed by atoms with Gasteiger partial charge in [-0.15, -0.1) is 0 Å². The molecule has 6 heteroatoms. The SMILES string of the molecule is CC(C)N(Cc1cc(NC(=O)C2CCC2)ccc1N(C)C)C(=O)c1ccccc1Cl. The molecule has 1 aliphatic carbocycles. The van der Waals surface area contributed by atoms with E-state index in [0.717, 1.165) is 36.2 Å². The lowest BCUT2D eigenvalue weighted by Crippen LogP contribution is -2.37. The predicted molar refractivity (Wildman–Crippen MR) is 123 cm³/mol. The number of amides is 2. The van der Waals surface area contributed by atoms with Gasteiger partial charge in [-0.05, 0) is 62.6 Å². The van der Waals surface area contributed by atoms with Gasteiger partial charge >= 0.3 is 0 Å². The van der Waals surface area contributed by atoms with Crippen LogP contribution in [0, 0.1) is 5.92 Å². The van der Waals surface area contributed by atoms with Crippen LogP contribution < -0.4 is 10.2 Å². The Balaban J connectivity index is 1.88. The van der Waals surface area contributed by atoms with Gasteiger partial charge in [0.1, 0.15) is 0 Å². The average Bonchev–Trinajstić information content (AvgIpc) is 2.64. The number of benzene rings is 2. The summed E-state index contributed by atoms with van der Waals surface area (Å²) >= 11 is 6.28. The van der Waals surface area contributed by atoms with Gasteiger partial charge in [-0.2, -0.15) is 0 Å². The van der Waals surface area contributed by atoms with Gasteiger partial charge in [-0.1, -0.05) is 30.2 Å². The van der Waals surface area contributed by atoms with Gasteiger partial charge in [-0.3, -0.25) is 9.59 Å². The summed E-state index contributed by atoms with van der Waals surface area (Å²) in [6, 6.07) is 13.0. The second kappa shape index (κ2) is 9.52. The molecule has 1 saturated carbocycles. The molecule has 0 unspecified atom stereocenters. The molecule has 160 valence electrons. The third-order valence-corrected chi connectivity index (χ3v) is 5.96. The summed E-state index contributed by atoms with van der Waals surface area (Å²) in [5.41, 5.74) is 3.24. The number of carbonyl (C=O) groups excluding carboxylic acids is 2. The van der Waals surface area contributed by atoms with E-state index in [1.807, 2.05) is 63.2 Å². The number of hydrogen-bond acceptors (Lipinski definition) is 3. The molecule has 30 heavy (non-hydrogen) atoms. The minimum absolute atomic E-state index is 0.0167. The Kier molecular flexibility index (Phi) is 7.03. The van der Waals surface area contributed by atoms with Gasteiger partial charge in [0.15, 0.2) is 0 Å². The first-order valence-electron chi connectivity index (χ1n) is 10.4. The molecule has 5 nitrogen and oxygen atoms in total. The Morgan fingerprint density at radius 2 is 1.83 bits per heavy atom. The molecule has 0 saturated heterocycles. The highest BCUT2D eigenvalue weighted by Gasteiger charge is 2.26. The summed E-state index contributed by atoms with van der Waals surface area (Å²) in [7, 11) is 3.95. The van der Waals surface area contributed by atoms with Crippen molar-refractivity contribution in [1.82, 2.24) is 4.90 Å². The first-order valence-corrected chi connectivity index (χ1v) is 10.8. The van der Waals surface area contributed by atoms with Crippen molar-refractivity contribution in [2.24, 2.45) is 5.92 Å². The van der Waals surface area contributed by atoms with Gasteiger partial charge in [0, 0.05) is 44.0 Å². The highest BCUT2D eigenvalue weighted by atomic mass is 35.5. The summed E-state index contributed by atoms with van der Waals surface area (Å²) in [6.45, 7) is 4.40. The largest absolute Gasteiger partial charge is 0.377 e. The van der Waals surface area contributed by atoms with Crippen molar-refractivity contribution in [2.45, 2.75) is 45.7 Å². The lowest BCUT2D eigenvalue weighted by atomic mass is 9.85. The van der Waals surface area contributed by atoms with Gasteiger partial charge in [0.2, 0.25) is 5.91 Å². The number of halogens is 1. The predicted octanol–water partition coefficient (Wildman–Crippen LogP) is 5.20. The Bertz CT molecular complexity index is 922. The molecule has 1 aliphatic rings. The third-order valence-electron chi connectivity index (χ3n) is 5.63. The summed E-state index contributed by atoms with van der Waals surface area (Å²) < 4.78 is 0. The van der Waals surface area contributed by atoms with Gasteiger partial charge < -0.3 is 15.1 Å². The topological polar surface area (TPSA) is 52.7 Å². The molecule has 0 radical (unpaired) electrons. The van der Waals surface area contributed by atoms with E-state index in [1.165, 1.54) is 0 Å². The van der Waals surface area contributed by atoms with Crippen LogP contribution in [0.5, 0.6) is 0 Å². The molecule has 2 amide bonds. The zero-order valence-electron chi connectivity index (χ0n) is 18.1. The van der Waals surface area contributed by atoms with Crippen molar-refractivity contribution in [1.29, 1.82) is 0 Å². The maximum atomic E-state index is 13.2. The summed E-state index contributed by atoms with van der Waals surface area (Å²) in [4.78, 5) is 29.5. The van der Waals surface area contributed by atoms with Crippen molar-refractivity contribution in [3.63, 3.8) is 0 Å². The number of carbonyl (C=O) groups is 2. The van der Waals surface area contributed by atoms with E-state index in [2.05, 4.69) is 5.32 Å². The van der Waals surface area contributed by atoms with Crippen LogP contribution in [0.2, 0.25) is 5.02 Å². The maximum Gasteiger partial charge on any atom is 0.255 e. The lowest BCUT2D eigenvalue weighted by molar-refractivity contribution is -0.122. The fourth-order valence-electron chi connectivity index (χ4n) is 3.60. The second-order valence-corrected chi connectivity index (χ2v) is 8.77. The average molecular weight is 428 g/mol. The first-order chi connectivity index (χ1) is 14.3. The van der Waals surface area contributed by atoms with E-state index in [0.29, 0.717) is 17.1 Å². The quantitative estimate of drug-likeness (QED) is 0.661. The fraction of sp³-hybridized carbons (Fsp3) is 0.417. The Morgan fingerprint density at radius 3 is 2.40 bits per heavy atom. The minimum atomic E-state index is -0.107. The molecule has 0 aromatic heterocycles.